The van der Waals surface area contributed by atoms with Crippen LogP contribution in [0, 0.1) is 12.3 Å². The summed E-state index contributed by atoms with van der Waals surface area (Å²) in [6.07, 6.45) is 2.42. The summed E-state index contributed by atoms with van der Waals surface area (Å²) >= 11 is 6.21. The molecule has 1 aromatic heterocycles. The molecule has 0 aliphatic heterocycles. The third kappa shape index (κ3) is 2.47. The number of aryl methyl sites for hydroxylation is 2. The van der Waals surface area contributed by atoms with Gasteiger partial charge in [0.05, 0.1) is 23.0 Å². The van der Waals surface area contributed by atoms with Gasteiger partial charge in [-0.1, -0.05) is 24.6 Å². The van der Waals surface area contributed by atoms with Crippen LogP contribution in [0.1, 0.15) is 25.2 Å². The fourth-order valence-corrected chi connectivity index (χ4v) is 1.82. The third-order valence-electron chi connectivity index (χ3n) is 2.88. The fraction of sp³-hybridized carbons (Fsp3) is 0.583. The smallest absolute Gasteiger partial charge is 0.0847 e. The molecule has 1 aromatic rings. The number of hydrogen-bond donors (Lipinski definition) is 1. The first-order chi connectivity index (χ1) is 7.47. The van der Waals surface area contributed by atoms with Gasteiger partial charge in [0.15, 0.2) is 0 Å². The van der Waals surface area contributed by atoms with Gasteiger partial charge in [-0.2, -0.15) is 5.10 Å². The molecule has 1 atom stereocenters. The highest BCUT2D eigenvalue weighted by Gasteiger charge is 2.24. The van der Waals surface area contributed by atoms with Crippen molar-refractivity contribution in [1.82, 2.24) is 9.78 Å². The molecule has 0 bridgehead atoms. The molecule has 0 aliphatic carbocycles. The van der Waals surface area contributed by atoms with Gasteiger partial charge >= 0.3 is 0 Å². The molecule has 0 saturated heterocycles. The minimum Gasteiger partial charge on any atom is -0.395 e. The van der Waals surface area contributed by atoms with Gasteiger partial charge in [0.25, 0.3) is 0 Å². The first-order valence-corrected chi connectivity index (χ1v) is 5.81. The highest BCUT2D eigenvalue weighted by molar-refractivity contribution is 6.31. The monoisotopic (exact) mass is 242 g/mol. The van der Waals surface area contributed by atoms with E-state index in [9.17, 15) is 5.11 Å². The van der Waals surface area contributed by atoms with E-state index in [-0.39, 0.29) is 12.0 Å². The maximum Gasteiger partial charge on any atom is 0.0847 e. The Kier molecular flexibility index (Phi) is 4.16. The highest BCUT2D eigenvalue weighted by atomic mass is 35.5. The number of hydrogen-bond acceptors (Lipinski definition) is 2. The molecular weight excluding hydrogens is 224 g/mol. The van der Waals surface area contributed by atoms with Gasteiger partial charge in [-0.15, -0.1) is 6.58 Å². The van der Waals surface area contributed by atoms with Crippen LogP contribution in [0.3, 0.4) is 0 Å². The number of rotatable bonds is 5. The van der Waals surface area contributed by atoms with Gasteiger partial charge in [0.1, 0.15) is 0 Å². The average molecular weight is 243 g/mol. The molecule has 90 valence electrons. The van der Waals surface area contributed by atoms with Crippen LogP contribution < -0.4 is 0 Å². The van der Waals surface area contributed by atoms with Crippen molar-refractivity contribution in [2.75, 3.05) is 6.61 Å². The van der Waals surface area contributed by atoms with Crippen molar-refractivity contribution in [3.63, 3.8) is 0 Å². The molecule has 0 fully saturated rings. The molecule has 1 rings (SSSR count). The molecule has 0 aromatic carbocycles. The second kappa shape index (κ2) is 5.02. The zero-order chi connectivity index (χ0) is 12.3. The summed E-state index contributed by atoms with van der Waals surface area (Å²) in [6, 6.07) is 0. The van der Waals surface area contributed by atoms with Gasteiger partial charge < -0.3 is 5.11 Å². The predicted octanol–water partition coefficient (Wildman–Crippen LogP) is 2.59. The molecule has 0 aliphatic rings. The molecule has 4 heteroatoms. The Labute approximate surface area is 102 Å². The largest absolute Gasteiger partial charge is 0.395 e. The second-order valence-electron chi connectivity index (χ2n) is 4.35. The molecule has 1 unspecified atom stereocenters. The lowest BCUT2D eigenvalue weighted by atomic mass is 9.86. The summed E-state index contributed by atoms with van der Waals surface area (Å²) in [5.41, 5.74) is 1.46. The van der Waals surface area contributed by atoms with Crippen molar-refractivity contribution in [2.45, 2.75) is 33.7 Å². The first kappa shape index (κ1) is 13.3. The van der Waals surface area contributed by atoms with E-state index in [1.54, 1.807) is 6.08 Å². The molecule has 0 radical (unpaired) electrons. The number of aliphatic hydroxyl groups is 1. The Morgan fingerprint density at radius 3 is 2.69 bits per heavy atom. The van der Waals surface area contributed by atoms with E-state index in [0.29, 0.717) is 11.4 Å². The van der Waals surface area contributed by atoms with Crippen LogP contribution in [0.4, 0.5) is 0 Å². The maximum absolute atomic E-state index is 9.36. The maximum atomic E-state index is 9.36. The van der Waals surface area contributed by atoms with Crippen LogP contribution in [0.25, 0.3) is 0 Å². The Morgan fingerprint density at radius 2 is 2.25 bits per heavy atom. The number of nitrogens with zero attached hydrogens (tertiary/aromatic N) is 2. The zero-order valence-corrected chi connectivity index (χ0v) is 10.9. The van der Waals surface area contributed by atoms with Crippen LogP contribution in [0.2, 0.25) is 5.02 Å². The van der Waals surface area contributed by atoms with E-state index in [0.717, 1.165) is 17.9 Å². The van der Waals surface area contributed by atoms with Crippen molar-refractivity contribution < 1.29 is 5.11 Å². The zero-order valence-electron chi connectivity index (χ0n) is 10.1. The standard InChI is InChI=1S/C12H19ClN2O/c1-5-12(4,8-16)7-10-11(13)9(3)14-15(10)6-2/h5,16H,1,6-8H2,2-4H3. The van der Waals surface area contributed by atoms with Crippen LogP contribution in [-0.2, 0) is 13.0 Å². The van der Waals surface area contributed by atoms with Gasteiger partial charge in [0, 0.05) is 18.4 Å². The second-order valence-corrected chi connectivity index (χ2v) is 4.73. The van der Waals surface area contributed by atoms with E-state index >= 15 is 0 Å². The lowest BCUT2D eigenvalue weighted by molar-refractivity contribution is 0.182. The average Bonchev–Trinajstić information content (AvgIpc) is 2.56. The van der Waals surface area contributed by atoms with Crippen LogP contribution in [0.5, 0.6) is 0 Å². The van der Waals surface area contributed by atoms with Crippen molar-refractivity contribution in [3.05, 3.63) is 29.1 Å². The van der Waals surface area contributed by atoms with E-state index in [2.05, 4.69) is 11.7 Å². The Hall–Kier alpha value is -0.800. The third-order valence-corrected chi connectivity index (χ3v) is 3.37. The van der Waals surface area contributed by atoms with Gasteiger partial charge in [-0.25, -0.2) is 0 Å². The van der Waals surface area contributed by atoms with Crippen LogP contribution >= 0.6 is 11.6 Å². The number of aliphatic hydroxyl groups excluding tert-OH is 1. The molecule has 0 amide bonds. The summed E-state index contributed by atoms with van der Waals surface area (Å²) in [7, 11) is 0. The molecule has 3 nitrogen and oxygen atoms in total. The Morgan fingerprint density at radius 1 is 1.62 bits per heavy atom. The molecule has 0 saturated carbocycles. The van der Waals surface area contributed by atoms with E-state index in [4.69, 9.17) is 11.6 Å². The topological polar surface area (TPSA) is 38.1 Å². The number of aromatic nitrogens is 2. The molecule has 16 heavy (non-hydrogen) atoms. The van der Waals surface area contributed by atoms with E-state index in [1.165, 1.54) is 0 Å². The normalized spacial score (nSPS) is 14.8. The summed E-state index contributed by atoms with van der Waals surface area (Å²) in [6.45, 7) is 10.5. The van der Waals surface area contributed by atoms with Crippen molar-refractivity contribution in [2.24, 2.45) is 5.41 Å². The van der Waals surface area contributed by atoms with E-state index < -0.39 is 0 Å². The summed E-state index contributed by atoms with van der Waals surface area (Å²) < 4.78 is 1.88. The number of halogens is 1. The van der Waals surface area contributed by atoms with Crippen molar-refractivity contribution in [1.29, 1.82) is 0 Å². The molecule has 1 N–H and O–H groups in total. The first-order valence-electron chi connectivity index (χ1n) is 5.43. The summed E-state index contributed by atoms with van der Waals surface area (Å²) in [4.78, 5) is 0. The summed E-state index contributed by atoms with van der Waals surface area (Å²) in [5, 5.41) is 14.4. The lowest BCUT2D eigenvalue weighted by Crippen LogP contribution is -2.23. The Bertz CT molecular complexity index is 387. The molecule has 1 heterocycles. The van der Waals surface area contributed by atoms with Crippen LogP contribution in [-0.4, -0.2) is 21.5 Å². The molecular formula is C12H19ClN2O. The van der Waals surface area contributed by atoms with E-state index in [1.807, 2.05) is 25.5 Å². The minimum absolute atomic E-state index is 0.0563. The quantitative estimate of drug-likeness (QED) is 0.806. The lowest BCUT2D eigenvalue weighted by Gasteiger charge is -2.23. The van der Waals surface area contributed by atoms with Crippen molar-refractivity contribution >= 4 is 11.6 Å². The van der Waals surface area contributed by atoms with Crippen LogP contribution in [0.15, 0.2) is 12.7 Å². The SMILES string of the molecule is C=CC(C)(CO)Cc1c(Cl)c(C)nn1CC. The fourth-order valence-electron chi connectivity index (χ4n) is 1.61. The van der Waals surface area contributed by atoms with Gasteiger partial charge in [-0.3, -0.25) is 4.68 Å². The summed E-state index contributed by atoms with van der Waals surface area (Å²) in [5.74, 6) is 0. The van der Waals surface area contributed by atoms with Gasteiger partial charge in [-0.05, 0) is 13.8 Å². The predicted molar refractivity (Wildman–Crippen MR) is 66.7 cm³/mol. The highest BCUT2D eigenvalue weighted by Crippen LogP contribution is 2.29. The molecule has 0 spiro atoms. The van der Waals surface area contributed by atoms with Crippen molar-refractivity contribution in [3.8, 4) is 0 Å². The Balaban J connectivity index is 3.08. The van der Waals surface area contributed by atoms with Gasteiger partial charge in [0.2, 0.25) is 0 Å². The minimum atomic E-state index is -0.344.